The van der Waals surface area contributed by atoms with Crippen molar-refractivity contribution in [2.45, 2.75) is 46.0 Å². The molecule has 0 spiro atoms. The fourth-order valence-corrected chi connectivity index (χ4v) is 1.67. The Balaban J connectivity index is 2.86. The second-order valence-corrected chi connectivity index (χ2v) is 4.18. The molecule has 1 rings (SSSR count). The van der Waals surface area contributed by atoms with Crippen molar-refractivity contribution >= 4 is 11.6 Å². The number of nitrogens with zero attached hydrogens (tertiary/aromatic N) is 3. The first-order valence-corrected chi connectivity index (χ1v) is 5.69. The highest BCUT2D eigenvalue weighted by Crippen LogP contribution is 2.10. The molecular weight excluding hydrogens is 198 g/mol. The van der Waals surface area contributed by atoms with E-state index in [0.29, 0.717) is 11.8 Å². The summed E-state index contributed by atoms with van der Waals surface area (Å²) in [4.78, 5) is 0. The summed E-state index contributed by atoms with van der Waals surface area (Å²) in [6.07, 6.45) is 2.07. The molecule has 0 radical (unpaired) electrons. The third-order valence-corrected chi connectivity index (χ3v) is 2.30. The average Bonchev–Trinajstić information content (AvgIpc) is 2.48. The highest BCUT2D eigenvalue weighted by molar-refractivity contribution is 6.16. The lowest BCUT2D eigenvalue weighted by Crippen LogP contribution is -2.09. The van der Waals surface area contributed by atoms with Gasteiger partial charge in [0.05, 0.1) is 5.88 Å². The molecule has 0 unspecified atom stereocenters. The zero-order valence-electron chi connectivity index (χ0n) is 9.13. The molecule has 1 aromatic heterocycles. The Hall–Kier alpha value is -0.570. The van der Waals surface area contributed by atoms with E-state index >= 15 is 0 Å². The largest absolute Gasteiger partial charge is 0.314 e. The minimum absolute atomic E-state index is 0.449. The van der Waals surface area contributed by atoms with E-state index in [0.717, 1.165) is 31.0 Å². The summed E-state index contributed by atoms with van der Waals surface area (Å²) in [5.74, 6) is 3.02. The molecular formula is C10H18ClN3. The van der Waals surface area contributed by atoms with Crippen molar-refractivity contribution in [3.8, 4) is 0 Å². The first kappa shape index (κ1) is 11.5. The normalized spacial score (nSPS) is 11.2. The van der Waals surface area contributed by atoms with Crippen molar-refractivity contribution in [1.29, 1.82) is 0 Å². The number of halogens is 1. The second-order valence-electron chi connectivity index (χ2n) is 3.92. The lowest BCUT2D eigenvalue weighted by molar-refractivity contribution is 0.559. The predicted octanol–water partition coefficient (Wildman–Crippen LogP) is 2.63. The van der Waals surface area contributed by atoms with Crippen LogP contribution >= 0.6 is 11.6 Å². The predicted molar refractivity (Wildman–Crippen MR) is 58.4 cm³/mol. The monoisotopic (exact) mass is 215 g/mol. The van der Waals surface area contributed by atoms with E-state index in [-0.39, 0.29) is 0 Å². The summed E-state index contributed by atoms with van der Waals surface area (Å²) in [7, 11) is 0. The van der Waals surface area contributed by atoms with Crippen LogP contribution in [-0.2, 0) is 18.8 Å². The molecule has 0 fully saturated rings. The molecule has 4 heteroatoms. The van der Waals surface area contributed by atoms with Crippen molar-refractivity contribution < 1.29 is 0 Å². The van der Waals surface area contributed by atoms with Crippen LogP contribution in [0.4, 0.5) is 0 Å². The van der Waals surface area contributed by atoms with E-state index in [9.17, 15) is 0 Å². The summed E-state index contributed by atoms with van der Waals surface area (Å²) in [6, 6.07) is 0. The zero-order chi connectivity index (χ0) is 10.6. The number of alkyl halides is 1. The molecule has 1 aromatic rings. The van der Waals surface area contributed by atoms with Crippen LogP contribution in [0.2, 0.25) is 0 Å². The van der Waals surface area contributed by atoms with Crippen LogP contribution < -0.4 is 0 Å². The van der Waals surface area contributed by atoms with Crippen molar-refractivity contribution in [2.75, 3.05) is 0 Å². The third-order valence-electron chi connectivity index (χ3n) is 2.06. The lowest BCUT2D eigenvalue weighted by Gasteiger charge is -2.08. The van der Waals surface area contributed by atoms with Gasteiger partial charge in [-0.3, -0.25) is 0 Å². The molecule has 3 nitrogen and oxygen atoms in total. The SMILES string of the molecule is CCCn1c(CCl)nnc1CC(C)C. The molecule has 80 valence electrons. The molecule has 0 saturated carbocycles. The molecule has 0 aliphatic heterocycles. The topological polar surface area (TPSA) is 30.7 Å². The Morgan fingerprint density at radius 3 is 2.43 bits per heavy atom. The summed E-state index contributed by atoms with van der Waals surface area (Å²) < 4.78 is 2.15. The molecule has 1 heterocycles. The molecule has 0 atom stereocenters. The lowest BCUT2D eigenvalue weighted by atomic mass is 10.1. The van der Waals surface area contributed by atoms with E-state index in [1.54, 1.807) is 0 Å². The van der Waals surface area contributed by atoms with Gasteiger partial charge in [0, 0.05) is 13.0 Å². The number of hydrogen-bond donors (Lipinski definition) is 0. The number of hydrogen-bond acceptors (Lipinski definition) is 2. The highest BCUT2D eigenvalue weighted by atomic mass is 35.5. The van der Waals surface area contributed by atoms with Gasteiger partial charge in [0.25, 0.3) is 0 Å². The van der Waals surface area contributed by atoms with Crippen molar-refractivity contribution in [2.24, 2.45) is 5.92 Å². The summed E-state index contributed by atoms with van der Waals surface area (Å²) in [5.41, 5.74) is 0. The van der Waals surface area contributed by atoms with Gasteiger partial charge in [-0.2, -0.15) is 0 Å². The van der Waals surface area contributed by atoms with Gasteiger partial charge in [0.15, 0.2) is 0 Å². The van der Waals surface area contributed by atoms with E-state index < -0.39 is 0 Å². The fraction of sp³-hybridized carbons (Fsp3) is 0.800. The zero-order valence-corrected chi connectivity index (χ0v) is 9.88. The Morgan fingerprint density at radius 1 is 1.29 bits per heavy atom. The fourth-order valence-electron chi connectivity index (χ4n) is 1.47. The Kier molecular flexibility index (Phi) is 4.39. The van der Waals surface area contributed by atoms with Gasteiger partial charge in [-0.05, 0) is 12.3 Å². The van der Waals surface area contributed by atoms with Crippen LogP contribution in [0.3, 0.4) is 0 Å². The van der Waals surface area contributed by atoms with E-state index in [1.807, 2.05) is 0 Å². The van der Waals surface area contributed by atoms with E-state index in [2.05, 4.69) is 35.5 Å². The average molecular weight is 216 g/mol. The second kappa shape index (κ2) is 5.35. The van der Waals surface area contributed by atoms with Gasteiger partial charge in [0.1, 0.15) is 11.6 Å². The highest BCUT2D eigenvalue weighted by Gasteiger charge is 2.11. The molecule has 0 amide bonds. The molecule has 0 aromatic carbocycles. The summed E-state index contributed by atoms with van der Waals surface area (Å²) in [6.45, 7) is 7.49. The van der Waals surface area contributed by atoms with Gasteiger partial charge in [0.2, 0.25) is 0 Å². The Bertz CT molecular complexity index is 281. The molecule has 0 aliphatic carbocycles. The van der Waals surface area contributed by atoms with Crippen LogP contribution in [0.15, 0.2) is 0 Å². The van der Waals surface area contributed by atoms with Crippen LogP contribution in [0, 0.1) is 5.92 Å². The maximum absolute atomic E-state index is 5.79. The summed E-state index contributed by atoms with van der Waals surface area (Å²) in [5, 5.41) is 8.26. The molecule has 0 saturated heterocycles. The first-order valence-electron chi connectivity index (χ1n) is 5.16. The van der Waals surface area contributed by atoms with Crippen LogP contribution in [-0.4, -0.2) is 14.8 Å². The number of aromatic nitrogens is 3. The van der Waals surface area contributed by atoms with Gasteiger partial charge < -0.3 is 4.57 Å². The number of rotatable bonds is 5. The summed E-state index contributed by atoms with van der Waals surface area (Å²) >= 11 is 5.79. The van der Waals surface area contributed by atoms with Crippen LogP contribution in [0.1, 0.15) is 38.8 Å². The molecule has 0 N–H and O–H groups in total. The van der Waals surface area contributed by atoms with Gasteiger partial charge >= 0.3 is 0 Å². The van der Waals surface area contributed by atoms with Crippen molar-refractivity contribution in [3.63, 3.8) is 0 Å². The van der Waals surface area contributed by atoms with Crippen molar-refractivity contribution in [1.82, 2.24) is 14.8 Å². The van der Waals surface area contributed by atoms with Gasteiger partial charge in [-0.1, -0.05) is 20.8 Å². The maximum atomic E-state index is 5.79. The van der Waals surface area contributed by atoms with E-state index in [1.165, 1.54) is 0 Å². The Labute approximate surface area is 90.5 Å². The third kappa shape index (κ3) is 2.71. The van der Waals surface area contributed by atoms with E-state index in [4.69, 9.17) is 11.6 Å². The van der Waals surface area contributed by atoms with Gasteiger partial charge in [-0.15, -0.1) is 21.8 Å². The molecule has 14 heavy (non-hydrogen) atoms. The quantitative estimate of drug-likeness (QED) is 0.707. The van der Waals surface area contributed by atoms with Crippen LogP contribution in [0.5, 0.6) is 0 Å². The smallest absolute Gasteiger partial charge is 0.147 e. The minimum Gasteiger partial charge on any atom is -0.314 e. The molecule has 0 bridgehead atoms. The standard InChI is InChI=1S/C10H18ClN3/c1-4-5-14-9(6-8(2)3)12-13-10(14)7-11/h8H,4-7H2,1-3H3. The van der Waals surface area contributed by atoms with Gasteiger partial charge in [-0.25, -0.2) is 0 Å². The Morgan fingerprint density at radius 2 is 1.93 bits per heavy atom. The first-order chi connectivity index (χ1) is 6.69. The van der Waals surface area contributed by atoms with Crippen molar-refractivity contribution in [3.05, 3.63) is 11.6 Å². The maximum Gasteiger partial charge on any atom is 0.147 e. The minimum atomic E-state index is 0.449. The van der Waals surface area contributed by atoms with Crippen LogP contribution in [0.25, 0.3) is 0 Å². The molecule has 0 aliphatic rings.